The Morgan fingerprint density at radius 1 is 0.233 bits per heavy atom. The van der Waals surface area contributed by atoms with Crippen LogP contribution in [0.5, 0.6) is 0 Å². The summed E-state index contributed by atoms with van der Waals surface area (Å²) in [6.45, 7) is 49.0. The molecule has 0 N–H and O–H groups in total. The zero-order valence-corrected chi connectivity index (χ0v) is 81.1. The predicted molar refractivity (Wildman–Crippen MR) is 569 cm³/mol. The van der Waals surface area contributed by atoms with E-state index in [-0.39, 0.29) is 49.2 Å². The van der Waals surface area contributed by atoms with Crippen LogP contribution in [0.25, 0.3) is 76.5 Å². The van der Waals surface area contributed by atoms with E-state index >= 15 is 0 Å². The summed E-state index contributed by atoms with van der Waals surface area (Å²) in [5.41, 5.74) is 36.9. The van der Waals surface area contributed by atoms with Gasteiger partial charge in [-0.05, 0) is 322 Å². The average molecular weight is 1730 g/mol. The summed E-state index contributed by atoms with van der Waals surface area (Å²) >= 11 is 0. The minimum absolute atomic E-state index is 0.108. The Hall–Kier alpha value is -13.5. The monoisotopic (exact) mass is 1730 g/mol. The zero-order chi connectivity index (χ0) is 92.3. The van der Waals surface area contributed by atoms with Gasteiger partial charge in [-0.25, -0.2) is 0 Å². The Morgan fingerprint density at radius 2 is 0.489 bits per heavy atom. The van der Waals surface area contributed by atoms with Crippen LogP contribution in [0, 0.1) is 5.41 Å². The molecule has 0 amide bonds. The summed E-state index contributed by atoms with van der Waals surface area (Å²) in [6.07, 6.45) is 8.67. The first-order valence-corrected chi connectivity index (χ1v) is 48.3. The SMILES string of the molecule is CC(C)(C)c1c2ccc(N(c3ccc4c(c3)C(C)(C)c3ccccc3-4)c3ccc4c(c3)C(C)(C)C3(C)C=CC(CC(C)(C)c5c6ccc(N(c7ccccc7)c7ccccc7)cc6c(C(C)(C)C)c6ccc(N(c7ccccc7)c7ccccc7)cc56)=CC43)cc2c(C(C)(C)C)c2ccc(N(c3ccc4c(c3)C(C)(C)c3ccccc3-4)c3ccc4c(c3)C(C)(C)c3ccccc3-4)cc12. The molecule has 0 fully saturated rings. The fourth-order valence-corrected chi connectivity index (χ4v) is 25.0. The van der Waals surface area contributed by atoms with E-state index in [9.17, 15) is 0 Å². The van der Waals surface area contributed by atoms with Gasteiger partial charge in [-0.2, -0.15) is 0 Å². The lowest BCUT2D eigenvalue weighted by molar-refractivity contribution is 0.243. The Kier molecular flexibility index (Phi) is 19.3. The summed E-state index contributed by atoms with van der Waals surface area (Å²) in [5, 5.41) is 10.3. The minimum atomic E-state index is -0.395. The maximum atomic E-state index is 2.70. The van der Waals surface area contributed by atoms with Crippen molar-refractivity contribution in [1.29, 1.82) is 0 Å². The normalized spacial score (nSPS) is 16.8. The molecule has 5 aliphatic carbocycles. The van der Waals surface area contributed by atoms with Gasteiger partial charge in [0.05, 0.1) is 0 Å². The first kappa shape index (κ1) is 85.0. The van der Waals surface area contributed by atoms with Gasteiger partial charge in [0.25, 0.3) is 0 Å². The Balaban J connectivity index is 0.694. The van der Waals surface area contributed by atoms with Crippen LogP contribution in [0.1, 0.15) is 218 Å². The quantitative estimate of drug-likeness (QED) is 0.0949. The molecule has 133 heavy (non-hydrogen) atoms. The number of hydrogen-bond acceptors (Lipinski definition) is 4. The van der Waals surface area contributed by atoms with Crippen LogP contribution < -0.4 is 19.6 Å². The number of allylic oxidation sites excluding steroid dienone is 4. The molecule has 0 bridgehead atoms. The van der Waals surface area contributed by atoms with Crippen LogP contribution in [0.2, 0.25) is 0 Å². The van der Waals surface area contributed by atoms with Crippen LogP contribution in [0.4, 0.5) is 68.2 Å². The summed E-state index contributed by atoms with van der Waals surface area (Å²) in [4.78, 5) is 10.0. The lowest BCUT2D eigenvalue weighted by atomic mass is 9.61. The molecule has 0 saturated heterocycles. The van der Waals surface area contributed by atoms with Gasteiger partial charge < -0.3 is 19.6 Å². The van der Waals surface area contributed by atoms with Crippen LogP contribution in [-0.2, 0) is 43.3 Å². The fourth-order valence-electron chi connectivity index (χ4n) is 25.0. The fraction of sp³-hybridized carbons (Fsp3) is 0.240. The van der Waals surface area contributed by atoms with Gasteiger partial charge >= 0.3 is 0 Å². The molecular weight excluding hydrogens is 1610 g/mol. The van der Waals surface area contributed by atoms with Gasteiger partial charge in [0.15, 0.2) is 0 Å². The molecule has 658 valence electrons. The molecule has 2 atom stereocenters. The highest BCUT2D eigenvalue weighted by Crippen LogP contribution is 2.65. The molecule has 0 radical (unpaired) electrons. The summed E-state index contributed by atoms with van der Waals surface area (Å²) < 4.78 is 0. The third-order valence-electron chi connectivity index (χ3n) is 31.6. The van der Waals surface area contributed by atoms with Gasteiger partial charge in [-0.15, -0.1) is 0 Å². The highest BCUT2D eigenvalue weighted by Gasteiger charge is 2.55. The summed E-state index contributed by atoms with van der Waals surface area (Å²) in [6, 6.07) is 130. The molecule has 5 aliphatic rings. The van der Waals surface area contributed by atoms with Crippen molar-refractivity contribution < 1.29 is 0 Å². The second-order valence-electron chi connectivity index (χ2n) is 44.8. The lowest BCUT2D eigenvalue weighted by Crippen LogP contribution is -2.36. The van der Waals surface area contributed by atoms with Crippen molar-refractivity contribution in [3.63, 3.8) is 0 Å². The van der Waals surface area contributed by atoms with Crippen LogP contribution >= 0.6 is 0 Å². The smallest absolute Gasteiger partial charge is 0.0468 e. The van der Waals surface area contributed by atoms with Crippen molar-refractivity contribution in [2.24, 2.45) is 5.41 Å². The molecule has 0 aliphatic heterocycles. The molecular formula is C129H122N4. The molecule has 4 nitrogen and oxygen atoms in total. The van der Waals surface area contributed by atoms with Crippen LogP contribution in [0.3, 0.4) is 0 Å². The highest BCUT2D eigenvalue weighted by molar-refractivity contribution is 6.12. The Labute approximate surface area is 788 Å². The van der Waals surface area contributed by atoms with E-state index in [2.05, 4.69) is 516 Å². The second kappa shape index (κ2) is 30.2. The topological polar surface area (TPSA) is 13.0 Å². The molecule has 17 aromatic rings. The molecule has 0 aromatic heterocycles. The van der Waals surface area contributed by atoms with E-state index in [1.165, 1.54) is 149 Å². The number of fused-ring (bicyclic) bond motifs is 16. The number of nitrogens with zero attached hydrogens (tertiary/aromatic N) is 4. The lowest BCUT2D eigenvalue weighted by Gasteiger charge is -2.42. The first-order valence-electron chi connectivity index (χ1n) is 48.3. The summed E-state index contributed by atoms with van der Waals surface area (Å²) in [7, 11) is 0. The predicted octanol–water partition coefficient (Wildman–Crippen LogP) is 36.2. The maximum absolute atomic E-state index is 2.70. The van der Waals surface area contributed by atoms with Crippen molar-refractivity contribution in [2.75, 3.05) is 19.6 Å². The van der Waals surface area contributed by atoms with Gasteiger partial charge in [0.2, 0.25) is 0 Å². The number of benzene rings is 17. The zero-order valence-electron chi connectivity index (χ0n) is 81.1. The number of para-hydroxylation sites is 4. The van der Waals surface area contributed by atoms with E-state index in [0.29, 0.717) is 0 Å². The minimum Gasteiger partial charge on any atom is -0.310 e. The van der Waals surface area contributed by atoms with E-state index in [0.717, 1.165) is 74.7 Å². The van der Waals surface area contributed by atoms with Crippen LogP contribution in [0.15, 0.2) is 364 Å². The Morgan fingerprint density at radius 3 is 0.812 bits per heavy atom. The van der Waals surface area contributed by atoms with Crippen molar-refractivity contribution in [3.05, 3.63) is 430 Å². The second-order valence-corrected chi connectivity index (χ2v) is 44.8. The van der Waals surface area contributed by atoms with Crippen LogP contribution in [-0.4, -0.2) is 0 Å². The van der Waals surface area contributed by atoms with E-state index in [4.69, 9.17) is 0 Å². The maximum Gasteiger partial charge on any atom is 0.0468 e. The Bertz CT molecular complexity index is 7520. The van der Waals surface area contributed by atoms with Crippen molar-refractivity contribution in [2.45, 2.75) is 194 Å². The molecule has 17 aromatic carbocycles. The number of rotatable bonds is 15. The molecule has 4 heteroatoms. The van der Waals surface area contributed by atoms with E-state index < -0.39 is 5.41 Å². The number of anilines is 12. The van der Waals surface area contributed by atoms with Crippen molar-refractivity contribution in [3.8, 4) is 33.4 Å². The standard InChI is InChI=1S/C129H122N4/c1-121(2,3)117-101-65-58-89(74-106(101)118(122(4,5)6)100-64-57-88(73-105(100)117)132(90-53-61-97-94-47-33-36-50-109(94)125(12,13)112(97)76-90)91-54-62-98-95-48-34-37-51-110(95)126(14,15)113(98)77-91)133(92-55-63-99-96-49-35-38-52-111(96)127(16,17)114(99)78-92)93-60-68-104-115(79-93)128(18,19)129(20)70-69-81(71-116(104)129)80-124(10,11)120-103-67-59-86(130(82-39-25-21-26-40-82)83-41-27-22-28-42-83)72-107(103)119(123(7,8)9)102-66-56-87(75-108(102)120)131(84-43-29-23-30-44-84)85-45-31-24-32-46-85/h21-79,116H,80H2,1-20H3. The molecule has 0 spiro atoms. The molecule has 22 rings (SSSR count). The van der Waals surface area contributed by atoms with E-state index in [1.54, 1.807) is 0 Å². The molecule has 0 saturated carbocycles. The van der Waals surface area contributed by atoms with Crippen molar-refractivity contribution >= 4 is 111 Å². The largest absolute Gasteiger partial charge is 0.310 e. The van der Waals surface area contributed by atoms with E-state index in [1.807, 2.05) is 0 Å². The van der Waals surface area contributed by atoms with Gasteiger partial charge in [-0.3, -0.25) is 0 Å². The molecule has 0 heterocycles. The van der Waals surface area contributed by atoms with Crippen molar-refractivity contribution in [1.82, 2.24) is 0 Å². The molecule has 2 unspecified atom stereocenters. The van der Waals surface area contributed by atoms with Gasteiger partial charge in [-0.1, -0.05) is 356 Å². The third-order valence-corrected chi connectivity index (χ3v) is 31.6. The van der Waals surface area contributed by atoms with Gasteiger partial charge in [0, 0.05) is 95.8 Å². The number of hydrogen-bond donors (Lipinski definition) is 0. The first-order chi connectivity index (χ1) is 63.5. The summed E-state index contributed by atoms with van der Waals surface area (Å²) in [5.74, 6) is 0.108. The van der Waals surface area contributed by atoms with Gasteiger partial charge in [0.1, 0.15) is 0 Å². The third kappa shape index (κ3) is 13.3. The highest BCUT2D eigenvalue weighted by atomic mass is 15.2. The average Bonchev–Trinajstić information content (AvgIpc) is 1.37.